The first kappa shape index (κ1) is 16.2. The third-order valence-corrected chi connectivity index (χ3v) is 3.57. The van der Waals surface area contributed by atoms with Crippen molar-refractivity contribution in [1.29, 1.82) is 0 Å². The predicted molar refractivity (Wildman–Crippen MR) is 87.9 cm³/mol. The number of nitrogens with one attached hydrogen (secondary N) is 1. The van der Waals surface area contributed by atoms with Gasteiger partial charge >= 0.3 is 0 Å². The molecule has 0 bridgehead atoms. The lowest BCUT2D eigenvalue weighted by molar-refractivity contribution is -0.122. The number of hydrogen-bond acceptors (Lipinski definition) is 3. The molecule has 0 radical (unpaired) electrons. The van der Waals surface area contributed by atoms with E-state index in [2.05, 4.69) is 5.32 Å². The van der Waals surface area contributed by atoms with Gasteiger partial charge in [0.2, 0.25) is 0 Å². The van der Waals surface area contributed by atoms with Gasteiger partial charge in [-0.2, -0.15) is 0 Å². The van der Waals surface area contributed by atoms with Crippen LogP contribution in [0.15, 0.2) is 42.5 Å². The molecule has 0 unspecified atom stereocenters. The van der Waals surface area contributed by atoms with Crippen LogP contribution < -0.4 is 14.8 Å². The monoisotopic (exact) mass is 319 g/mol. The quantitative estimate of drug-likeness (QED) is 0.904. The van der Waals surface area contributed by atoms with Crippen LogP contribution in [0, 0.1) is 6.92 Å². The van der Waals surface area contributed by atoms with E-state index in [9.17, 15) is 4.79 Å². The highest BCUT2D eigenvalue weighted by atomic mass is 35.5. The second-order valence-electron chi connectivity index (χ2n) is 4.89. The summed E-state index contributed by atoms with van der Waals surface area (Å²) in [6, 6.07) is 12.5. The summed E-state index contributed by atoms with van der Waals surface area (Å²) in [5.41, 5.74) is 1.56. The van der Waals surface area contributed by atoms with Crippen molar-refractivity contribution in [2.45, 2.75) is 20.0 Å². The van der Waals surface area contributed by atoms with E-state index in [0.29, 0.717) is 22.2 Å². The molecule has 5 heteroatoms. The number of aryl methyl sites for hydroxylation is 1. The van der Waals surface area contributed by atoms with Crippen LogP contribution in [0.5, 0.6) is 11.5 Å². The van der Waals surface area contributed by atoms with Gasteiger partial charge in [0.15, 0.2) is 6.10 Å². The number of rotatable bonds is 5. The van der Waals surface area contributed by atoms with Crippen molar-refractivity contribution in [1.82, 2.24) is 0 Å². The molecule has 2 rings (SSSR count). The van der Waals surface area contributed by atoms with Gasteiger partial charge in [-0.3, -0.25) is 4.79 Å². The van der Waals surface area contributed by atoms with Crippen molar-refractivity contribution in [2.75, 3.05) is 12.4 Å². The Morgan fingerprint density at radius 3 is 2.64 bits per heavy atom. The number of hydrogen-bond donors (Lipinski definition) is 1. The molecule has 4 nitrogen and oxygen atoms in total. The second-order valence-corrected chi connectivity index (χ2v) is 5.30. The molecule has 0 aliphatic rings. The topological polar surface area (TPSA) is 47.6 Å². The number of halogens is 1. The number of amides is 1. The molecular formula is C17H18ClNO3. The van der Waals surface area contributed by atoms with Gasteiger partial charge in [0, 0.05) is 16.8 Å². The molecule has 0 spiro atoms. The molecular weight excluding hydrogens is 302 g/mol. The minimum absolute atomic E-state index is 0.235. The van der Waals surface area contributed by atoms with E-state index in [1.54, 1.807) is 44.4 Å². The molecule has 0 fully saturated rings. The summed E-state index contributed by atoms with van der Waals surface area (Å²) in [6.07, 6.45) is -0.633. The number of ether oxygens (including phenoxy) is 2. The maximum atomic E-state index is 12.2. The van der Waals surface area contributed by atoms with Crippen molar-refractivity contribution < 1.29 is 14.3 Å². The summed E-state index contributed by atoms with van der Waals surface area (Å²) in [7, 11) is 1.58. The van der Waals surface area contributed by atoms with Gasteiger partial charge in [-0.05, 0) is 49.7 Å². The Labute approximate surface area is 135 Å². The highest BCUT2D eigenvalue weighted by Gasteiger charge is 2.15. The smallest absolute Gasteiger partial charge is 0.265 e. The first-order valence-electron chi connectivity index (χ1n) is 6.87. The highest BCUT2D eigenvalue weighted by Crippen LogP contribution is 2.22. The predicted octanol–water partition coefficient (Wildman–Crippen LogP) is 4.06. The molecule has 1 N–H and O–H groups in total. The molecule has 1 atom stereocenters. The van der Waals surface area contributed by atoms with Crippen LogP contribution in [0.2, 0.25) is 5.02 Å². The van der Waals surface area contributed by atoms with Crippen molar-refractivity contribution in [3.8, 4) is 11.5 Å². The van der Waals surface area contributed by atoms with Crippen molar-refractivity contribution in [2.24, 2.45) is 0 Å². The van der Waals surface area contributed by atoms with Crippen LogP contribution in [-0.4, -0.2) is 19.1 Å². The molecule has 2 aromatic rings. The fraction of sp³-hybridized carbons (Fsp3) is 0.235. The number of carbonyl (C=O) groups excluding carboxylic acids is 1. The van der Waals surface area contributed by atoms with Gasteiger partial charge in [0.1, 0.15) is 11.5 Å². The van der Waals surface area contributed by atoms with Crippen LogP contribution in [0.3, 0.4) is 0 Å². The van der Waals surface area contributed by atoms with Crippen LogP contribution in [0.4, 0.5) is 5.69 Å². The fourth-order valence-electron chi connectivity index (χ4n) is 1.89. The number of anilines is 1. The first-order chi connectivity index (χ1) is 10.5. The third-order valence-electron chi connectivity index (χ3n) is 3.15. The van der Waals surface area contributed by atoms with Crippen LogP contribution >= 0.6 is 11.6 Å². The Hall–Kier alpha value is -2.20. The molecule has 22 heavy (non-hydrogen) atoms. The molecule has 0 saturated heterocycles. The van der Waals surface area contributed by atoms with E-state index in [4.69, 9.17) is 21.1 Å². The average molecular weight is 320 g/mol. The van der Waals surface area contributed by atoms with Crippen molar-refractivity contribution in [3.63, 3.8) is 0 Å². The van der Waals surface area contributed by atoms with E-state index >= 15 is 0 Å². The zero-order valence-corrected chi connectivity index (χ0v) is 13.5. The second kappa shape index (κ2) is 7.18. The standard InChI is InChI=1S/C17H18ClNO3/c1-11-9-15(7-8-16(11)18)22-12(2)17(20)19-13-5-4-6-14(10-13)21-3/h4-10,12H,1-3H3,(H,19,20)/t12-/m1/s1. The largest absolute Gasteiger partial charge is 0.497 e. The Bertz CT molecular complexity index is 673. The molecule has 0 heterocycles. The van der Waals surface area contributed by atoms with Crippen molar-refractivity contribution >= 4 is 23.2 Å². The van der Waals surface area contributed by atoms with Crippen LogP contribution in [0.25, 0.3) is 0 Å². The molecule has 0 aromatic heterocycles. The summed E-state index contributed by atoms with van der Waals surface area (Å²) >= 11 is 5.97. The molecule has 0 saturated carbocycles. The number of carbonyl (C=O) groups is 1. The number of benzene rings is 2. The Balaban J connectivity index is 2.00. The lowest BCUT2D eigenvalue weighted by Gasteiger charge is -2.15. The maximum absolute atomic E-state index is 12.2. The zero-order chi connectivity index (χ0) is 16.1. The summed E-state index contributed by atoms with van der Waals surface area (Å²) in [6.45, 7) is 3.58. The van der Waals surface area contributed by atoms with Crippen LogP contribution in [0.1, 0.15) is 12.5 Å². The summed E-state index contributed by atoms with van der Waals surface area (Å²) in [4.78, 5) is 12.2. The van der Waals surface area contributed by atoms with E-state index in [-0.39, 0.29) is 5.91 Å². The molecule has 1 amide bonds. The van der Waals surface area contributed by atoms with E-state index in [0.717, 1.165) is 5.56 Å². The third kappa shape index (κ3) is 4.15. The molecule has 0 aliphatic heterocycles. The average Bonchev–Trinajstić information content (AvgIpc) is 2.51. The summed E-state index contributed by atoms with van der Waals surface area (Å²) in [5.74, 6) is 1.05. The molecule has 116 valence electrons. The Kier molecular flexibility index (Phi) is 5.28. The maximum Gasteiger partial charge on any atom is 0.265 e. The van der Waals surface area contributed by atoms with Gasteiger partial charge in [0.05, 0.1) is 7.11 Å². The van der Waals surface area contributed by atoms with Gasteiger partial charge in [-0.15, -0.1) is 0 Å². The van der Waals surface area contributed by atoms with Crippen molar-refractivity contribution in [3.05, 3.63) is 53.1 Å². The molecule has 0 aliphatic carbocycles. The Morgan fingerprint density at radius 2 is 1.95 bits per heavy atom. The lowest BCUT2D eigenvalue weighted by atomic mass is 10.2. The van der Waals surface area contributed by atoms with Crippen LogP contribution in [-0.2, 0) is 4.79 Å². The van der Waals surface area contributed by atoms with Gasteiger partial charge in [-0.1, -0.05) is 17.7 Å². The summed E-state index contributed by atoms with van der Waals surface area (Å²) in [5, 5.41) is 3.46. The number of methoxy groups -OCH3 is 1. The SMILES string of the molecule is COc1cccc(NC(=O)[C@@H](C)Oc2ccc(Cl)c(C)c2)c1. The van der Waals surface area contributed by atoms with Gasteiger partial charge in [-0.25, -0.2) is 0 Å². The minimum atomic E-state index is -0.633. The first-order valence-corrected chi connectivity index (χ1v) is 7.25. The minimum Gasteiger partial charge on any atom is -0.497 e. The lowest BCUT2D eigenvalue weighted by Crippen LogP contribution is -2.30. The zero-order valence-electron chi connectivity index (χ0n) is 12.7. The fourth-order valence-corrected chi connectivity index (χ4v) is 2.01. The van der Waals surface area contributed by atoms with Gasteiger partial charge < -0.3 is 14.8 Å². The van der Waals surface area contributed by atoms with Gasteiger partial charge in [0.25, 0.3) is 5.91 Å². The summed E-state index contributed by atoms with van der Waals surface area (Å²) < 4.78 is 10.8. The van der Waals surface area contributed by atoms with E-state index in [1.165, 1.54) is 0 Å². The highest BCUT2D eigenvalue weighted by molar-refractivity contribution is 6.31. The van der Waals surface area contributed by atoms with E-state index in [1.807, 2.05) is 19.1 Å². The van der Waals surface area contributed by atoms with E-state index < -0.39 is 6.10 Å². The Morgan fingerprint density at radius 1 is 1.18 bits per heavy atom. The molecule has 2 aromatic carbocycles. The normalized spacial score (nSPS) is 11.6.